The molecule has 1 aromatic carbocycles. The summed E-state index contributed by atoms with van der Waals surface area (Å²) < 4.78 is 13.0. The summed E-state index contributed by atoms with van der Waals surface area (Å²) in [5, 5.41) is 1.07. The maximum atomic E-state index is 12.0. The second-order valence-electron chi connectivity index (χ2n) is 3.98. The maximum Gasteiger partial charge on any atom is 0.389 e. The van der Waals surface area contributed by atoms with Crippen molar-refractivity contribution in [2.75, 3.05) is 0 Å². The molecule has 1 heterocycles. The number of fused-ring (bicyclic) bond motifs is 1. The van der Waals surface area contributed by atoms with Crippen LogP contribution in [-0.4, -0.2) is 5.97 Å². The fraction of sp³-hybridized carbons (Fsp3) is 0.250. The Balaban J connectivity index is 2.26. The molecule has 0 bridgehead atoms. The van der Waals surface area contributed by atoms with Crippen LogP contribution in [0.15, 0.2) is 24.3 Å². The van der Waals surface area contributed by atoms with Gasteiger partial charge in [-0.05, 0) is 35.8 Å². The number of rotatable bonds is 2. The molecule has 1 aliphatic carbocycles. The second-order valence-corrected chi connectivity index (χ2v) is 5.03. The number of carbonyl (C=O) groups is 1. The third kappa shape index (κ3) is 1.41. The Morgan fingerprint density at radius 1 is 1.38 bits per heavy atom. The van der Waals surface area contributed by atoms with Crippen LogP contribution in [0.2, 0.25) is 0 Å². The normalized spacial score (nSPS) is 15.3. The number of halogens is 1. The highest BCUT2D eigenvalue weighted by atomic mass is 32.1. The topological polar surface area (TPSA) is 26.3 Å². The van der Waals surface area contributed by atoms with E-state index in [-0.39, 0.29) is 0 Å². The van der Waals surface area contributed by atoms with Gasteiger partial charge < -0.3 is 0 Å². The highest BCUT2D eigenvalue weighted by molar-refractivity contribution is 7.21. The summed E-state index contributed by atoms with van der Waals surface area (Å²) in [6.45, 7) is 0. The average molecular weight is 236 g/mol. The van der Waals surface area contributed by atoms with Crippen molar-refractivity contribution in [2.24, 2.45) is 0 Å². The van der Waals surface area contributed by atoms with Crippen molar-refractivity contribution in [3.63, 3.8) is 0 Å². The van der Waals surface area contributed by atoms with Gasteiger partial charge in [-0.1, -0.05) is 18.2 Å². The Hall–Kier alpha value is -1.42. The molecule has 2 nitrogen and oxygen atoms in total. The molecule has 1 aromatic heterocycles. The van der Waals surface area contributed by atoms with E-state index in [1.54, 1.807) is 0 Å². The minimum absolute atomic E-state index is 0.408. The van der Waals surface area contributed by atoms with Crippen molar-refractivity contribution < 1.29 is 14.3 Å². The molecule has 1 aliphatic rings. The zero-order valence-corrected chi connectivity index (χ0v) is 9.22. The fourth-order valence-corrected chi connectivity index (χ4v) is 3.19. The molecule has 0 spiro atoms. The second kappa shape index (κ2) is 3.56. The lowest BCUT2D eigenvalue weighted by Gasteiger charge is -1.98. The molecule has 0 aliphatic heterocycles. The quantitative estimate of drug-likeness (QED) is 0.792. The lowest BCUT2D eigenvalue weighted by atomic mass is 10.1. The van der Waals surface area contributed by atoms with Gasteiger partial charge in [0.15, 0.2) is 0 Å². The zero-order chi connectivity index (χ0) is 11.1. The van der Waals surface area contributed by atoms with Crippen molar-refractivity contribution in [1.29, 1.82) is 0 Å². The summed E-state index contributed by atoms with van der Waals surface area (Å²) in [5.74, 6) is -0.451. The van der Waals surface area contributed by atoms with Gasteiger partial charge in [0, 0.05) is 9.23 Å². The minimum atomic E-state index is -0.858. The first kappa shape index (κ1) is 9.78. The monoisotopic (exact) mass is 236 g/mol. The molecule has 16 heavy (non-hydrogen) atoms. The molecule has 82 valence electrons. The van der Waals surface area contributed by atoms with Crippen LogP contribution in [0.5, 0.6) is 0 Å². The van der Waals surface area contributed by atoms with Crippen molar-refractivity contribution in [2.45, 2.75) is 18.8 Å². The van der Waals surface area contributed by atoms with Crippen LogP contribution in [0.3, 0.4) is 0 Å². The van der Waals surface area contributed by atoms with Crippen molar-refractivity contribution in [1.82, 2.24) is 0 Å². The Kier molecular flexibility index (Phi) is 2.17. The van der Waals surface area contributed by atoms with Crippen LogP contribution in [0.25, 0.3) is 10.1 Å². The molecule has 0 N–H and O–H groups in total. The summed E-state index contributed by atoms with van der Waals surface area (Å²) in [4.78, 5) is 15.1. The molecule has 0 radical (unpaired) electrons. The maximum absolute atomic E-state index is 12.0. The van der Waals surface area contributed by atoms with Gasteiger partial charge in [0.25, 0.3) is 0 Å². The van der Waals surface area contributed by atoms with E-state index < -0.39 is 5.97 Å². The number of hydrogen-bond acceptors (Lipinski definition) is 3. The van der Waals surface area contributed by atoms with E-state index in [9.17, 15) is 9.32 Å². The first-order valence-electron chi connectivity index (χ1n) is 5.15. The number of thiophene rings is 1. The van der Waals surface area contributed by atoms with Gasteiger partial charge in [0.1, 0.15) is 4.88 Å². The Morgan fingerprint density at radius 2 is 2.12 bits per heavy atom. The molecule has 1 saturated carbocycles. The highest BCUT2D eigenvalue weighted by Crippen LogP contribution is 2.48. The van der Waals surface area contributed by atoms with Crippen molar-refractivity contribution in [3.05, 3.63) is 34.7 Å². The first-order valence-corrected chi connectivity index (χ1v) is 5.97. The summed E-state index contributed by atoms with van der Waals surface area (Å²) in [5.41, 5.74) is 0.975. The molecular weight excluding hydrogens is 227 g/mol. The van der Waals surface area contributed by atoms with Crippen LogP contribution < -0.4 is 0 Å². The molecule has 2 aromatic rings. The summed E-state index contributed by atoms with van der Waals surface area (Å²) in [6.07, 6.45) is 2.15. The Morgan fingerprint density at radius 3 is 2.81 bits per heavy atom. The van der Waals surface area contributed by atoms with Crippen LogP contribution in [-0.2, 0) is 4.94 Å². The average Bonchev–Trinajstić information content (AvgIpc) is 3.08. The first-order chi connectivity index (χ1) is 7.81. The van der Waals surface area contributed by atoms with E-state index in [0.717, 1.165) is 28.5 Å². The third-order valence-electron chi connectivity index (χ3n) is 2.87. The number of carbonyl (C=O) groups excluding carboxylic acids is 1. The van der Waals surface area contributed by atoms with Crippen LogP contribution in [0.4, 0.5) is 4.53 Å². The van der Waals surface area contributed by atoms with Crippen LogP contribution in [0, 0.1) is 0 Å². The number of benzene rings is 1. The summed E-state index contributed by atoms with van der Waals surface area (Å²) in [7, 11) is 0. The van der Waals surface area contributed by atoms with Gasteiger partial charge in [0.2, 0.25) is 0 Å². The van der Waals surface area contributed by atoms with Gasteiger partial charge in [-0.2, -0.15) is 0 Å². The summed E-state index contributed by atoms with van der Waals surface area (Å²) >= 11 is 1.31. The fourth-order valence-electron chi connectivity index (χ4n) is 2.03. The van der Waals surface area contributed by atoms with E-state index in [0.29, 0.717) is 10.8 Å². The Bertz CT molecular complexity index is 557. The van der Waals surface area contributed by atoms with E-state index in [2.05, 4.69) is 4.94 Å². The van der Waals surface area contributed by atoms with Crippen molar-refractivity contribution in [3.8, 4) is 0 Å². The zero-order valence-electron chi connectivity index (χ0n) is 8.40. The lowest BCUT2D eigenvalue weighted by Crippen LogP contribution is -1.98. The van der Waals surface area contributed by atoms with E-state index in [1.807, 2.05) is 24.3 Å². The molecule has 0 saturated heterocycles. The van der Waals surface area contributed by atoms with Crippen LogP contribution in [0.1, 0.15) is 34.0 Å². The third-order valence-corrected chi connectivity index (χ3v) is 4.04. The predicted octanol–water partition coefficient (Wildman–Crippen LogP) is 3.82. The molecule has 0 atom stereocenters. The van der Waals surface area contributed by atoms with E-state index in [4.69, 9.17) is 0 Å². The van der Waals surface area contributed by atoms with Gasteiger partial charge in [-0.15, -0.1) is 11.3 Å². The van der Waals surface area contributed by atoms with Gasteiger partial charge in [0.05, 0.1) is 0 Å². The predicted molar refractivity (Wildman–Crippen MR) is 60.3 cm³/mol. The largest absolute Gasteiger partial charge is 0.389 e. The molecule has 0 amide bonds. The minimum Gasteiger partial charge on any atom is -0.248 e. The molecule has 4 heteroatoms. The van der Waals surface area contributed by atoms with Crippen molar-refractivity contribution >= 4 is 27.4 Å². The van der Waals surface area contributed by atoms with Gasteiger partial charge >= 0.3 is 5.97 Å². The molecule has 3 rings (SSSR count). The van der Waals surface area contributed by atoms with E-state index >= 15 is 0 Å². The molecule has 1 fully saturated rings. The molecular formula is C12H9FO2S. The Labute approximate surface area is 95.5 Å². The standard InChI is InChI=1S/C12H9FO2S/c13-15-12(14)11-10(7-5-6-7)8-3-1-2-4-9(8)16-11/h1-4,7H,5-6H2. The number of hydrogen-bond donors (Lipinski definition) is 0. The van der Waals surface area contributed by atoms with E-state index in [1.165, 1.54) is 11.3 Å². The molecule has 0 unspecified atom stereocenters. The highest BCUT2D eigenvalue weighted by Gasteiger charge is 2.32. The lowest BCUT2D eigenvalue weighted by molar-refractivity contribution is -0.0784. The van der Waals surface area contributed by atoms with Crippen LogP contribution >= 0.6 is 11.3 Å². The summed E-state index contributed by atoms with van der Waals surface area (Å²) in [6, 6.07) is 7.78. The van der Waals surface area contributed by atoms with Gasteiger partial charge in [-0.3, -0.25) is 0 Å². The van der Waals surface area contributed by atoms with Gasteiger partial charge in [-0.25, -0.2) is 9.74 Å². The smallest absolute Gasteiger partial charge is 0.248 e. The SMILES string of the molecule is O=C(OF)c1sc2ccccc2c1C1CC1.